The van der Waals surface area contributed by atoms with Crippen LogP contribution < -0.4 is 0 Å². The Balaban J connectivity index is 2.01. The summed E-state index contributed by atoms with van der Waals surface area (Å²) in [5, 5.41) is 7.08. The summed E-state index contributed by atoms with van der Waals surface area (Å²) in [6.07, 6.45) is 1.80. The van der Waals surface area contributed by atoms with Gasteiger partial charge in [-0.2, -0.15) is 5.10 Å². The van der Waals surface area contributed by atoms with Crippen LogP contribution in [0, 0.1) is 0 Å². The predicted octanol–water partition coefficient (Wildman–Crippen LogP) is 2.01. The van der Waals surface area contributed by atoms with Gasteiger partial charge in [0.25, 0.3) is 0 Å². The van der Waals surface area contributed by atoms with E-state index in [1.165, 1.54) is 0 Å². The summed E-state index contributed by atoms with van der Waals surface area (Å²) in [6.45, 7) is 3.20. The lowest BCUT2D eigenvalue weighted by Crippen LogP contribution is -2.32. The van der Waals surface area contributed by atoms with Crippen LogP contribution >= 0.6 is 11.6 Å². The maximum absolute atomic E-state index is 6.01. The molecule has 0 unspecified atom stereocenters. The first-order chi connectivity index (χ1) is 7.36. The summed E-state index contributed by atoms with van der Waals surface area (Å²) >= 11 is 6.01. The Morgan fingerprint density at radius 1 is 1.27 bits per heavy atom. The van der Waals surface area contributed by atoms with Crippen LogP contribution in [0.3, 0.4) is 0 Å². The van der Waals surface area contributed by atoms with Gasteiger partial charge in [0, 0.05) is 10.6 Å². The average Bonchev–Trinajstić information content (AvgIpc) is 2.29. The van der Waals surface area contributed by atoms with Crippen molar-refractivity contribution in [1.82, 2.24) is 5.01 Å². The van der Waals surface area contributed by atoms with Crippen LogP contribution in [0.15, 0.2) is 29.4 Å². The topological polar surface area (TPSA) is 24.8 Å². The van der Waals surface area contributed by atoms with Crippen molar-refractivity contribution in [3.05, 3.63) is 34.9 Å². The van der Waals surface area contributed by atoms with Crippen molar-refractivity contribution in [3.8, 4) is 0 Å². The van der Waals surface area contributed by atoms with E-state index >= 15 is 0 Å². The van der Waals surface area contributed by atoms with Crippen molar-refractivity contribution >= 4 is 17.8 Å². The summed E-state index contributed by atoms with van der Waals surface area (Å²) in [7, 11) is 0. The molecular formula is C11H13ClN2O. The quantitative estimate of drug-likeness (QED) is 0.718. The van der Waals surface area contributed by atoms with Gasteiger partial charge >= 0.3 is 0 Å². The van der Waals surface area contributed by atoms with Crippen molar-refractivity contribution in [1.29, 1.82) is 0 Å². The molecule has 0 bridgehead atoms. The van der Waals surface area contributed by atoms with Gasteiger partial charge < -0.3 is 4.74 Å². The van der Waals surface area contributed by atoms with E-state index in [1.807, 2.05) is 29.3 Å². The van der Waals surface area contributed by atoms with E-state index in [9.17, 15) is 0 Å². The van der Waals surface area contributed by atoms with Crippen LogP contribution in [0.2, 0.25) is 5.02 Å². The van der Waals surface area contributed by atoms with Crippen LogP contribution in [-0.4, -0.2) is 37.5 Å². The van der Waals surface area contributed by atoms with Crippen molar-refractivity contribution in [3.63, 3.8) is 0 Å². The van der Waals surface area contributed by atoms with Crippen LogP contribution in [0.1, 0.15) is 5.56 Å². The van der Waals surface area contributed by atoms with Gasteiger partial charge in [0.05, 0.1) is 32.5 Å². The zero-order valence-electron chi connectivity index (χ0n) is 8.40. The number of hydrazone groups is 1. The number of nitrogens with zero attached hydrogens (tertiary/aromatic N) is 2. The lowest BCUT2D eigenvalue weighted by atomic mass is 10.2. The fraction of sp³-hybridized carbons (Fsp3) is 0.364. The molecule has 80 valence electrons. The van der Waals surface area contributed by atoms with Gasteiger partial charge in [0.2, 0.25) is 0 Å². The Bertz CT molecular complexity index is 348. The van der Waals surface area contributed by atoms with Crippen LogP contribution in [0.5, 0.6) is 0 Å². The van der Waals surface area contributed by atoms with Crippen LogP contribution in [0.4, 0.5) is 0 Å². The Hall–Kier alpha value is -1.06. The highest BCUT2D eigenvalue weighted by molar-refractivity contribution is 6.33. The molecule has 4 heteroatoms. The second-order valence-corrected chi connectivity index (χ2v) is 3.74. The number of benzene rings is 1. The lowest BCUT2D eigenvalue weighted by Gasteiger charge is -2.23. The van der Waals surface area contributed by atoms with E-state index in [2.05, 4.69) is 5.10 Å². The fourth-order valence-corrected chi connectivity index (χ4v) is 1.58. The summed E-state index contributed by atoms with van der Waals surface area (Å²) in [6, 6.07) is 7.68. The summed E-state index contributed by atoms with van der Waals surface area (Å²) in [5.41, 5.74) is 0.950. The largest absolute Gasteiger partial charge is 0.378 e. The van der Waals surface area contributed by atoms with E-state index in [1.54, 1.807) is 6.21 Å². The Morgan fingerprint density at radius 2 is 2.00 bits per heavy atom. The van der Waals surface area contributed by atoms with Crippen molar-refractivity contribution in [2.45, 2.75) is 0 Å². The number of rotatable bonds is 2. The third kappa shape index (κ3) is 2.94. The molecule has 1 aromatic rings. The molecule has 0 atom stereocenters. The molecule has 0 aromatic heterocycles. The lowest BCUT2D eigenvalue weighted by molar-refractivity contribution is 0.0397. The SMILES string of the molecule is Clc1ccccc1/C=N\N1CCOCC1. The molecule has 1 aromatic carbocycles. The van der Waals surface area contributed by atoms with E-state index in [0.717, 1.165) is 36.9 Å². The number of ether oxygens (including phenoxy) is 1. The number of hydrogen-bond donors (Lipinski definition) is 0. The van der Waals surface area contributed by atoms with Gasteiger partial charge in [-0.1, -0.05) is 29.8 Å². The van der Waals surface area contributed by atoms with Gasteiger partial charge in [0.15, 0.2) is 0 Å². The van der Waals surface area contributed by atoms with Gasteiger partial charge in [-0.15, -0.1) is 0 Å². The molecule has 0 aliphatic carbocycles. The fourth-order valence-electron chi connectivity index (χ4n) is 1.39. The second-order valence-electron chi connectivity index (χ2n) is 3.33. The van der Waals surface area contributed by atoms with Crippen molar-refractivity contribution in [2.24, 2.45) is 5.10 Å². The molecular weight excluding hydrogens is 212 g/mol. The van der Waals surface area contributed by atoms with E-state index in [4.69, 9.17) is 16.3 Å². The third-order valence-corrected chi connectivity index (χ3v) is 2.60. The molecule has 1 aliphatic heterocycles. The molecule has 2 rings (SSSR count). The van der Waals surface area contributed by atoms with Crippen LogP contribution in [-0.2, 0) is 4.74 Å². The zero-order chi connectivity index (χ0) is 10.5. The maximum Gasteiger partial charge on any atom is 0.0659 e. The first-order valence-electron chi connectivity index (χ1n) is 4.97. The first kappa shape index (κ1) is 10.5. The third-order valence-electron chi connectivity index (χ3n) is 2.25. The highest BCUT2D eigenvalue weighted by Crippen LogP contribution is 2.12. The molecule has 1 aliphatic rings. The van der Waals surface area contributed by atoms with Crippen molar-refractivity contribution in [2.75, 3.05) is 26.3 Å². The van der Waals surface area contributed by atoms with Gasteiger partial charge in [-0.05, 0) is 6.07 Å². The molecule has 0 radical (unpaired) electrons. The molecule has 0 amide bonds. The van der Waals surface area contributed by atoms with Gasteiger partial charge in [-0.25, -0.2) is 0 Å². The molecule has 15 heavy (non-hydrogen) atoms. The molecule has 1 heterocycles. The predicted molar refractivity (Wildman–Crippen MR) is 61.4 cm³/mol. The Kier molecular flexibility index (Phi) is 3.59. The Labute approximate surface area is 94.3 Å². The minimum Gasteiger partial charge on any atom is -0.378 e. The summed E-state index contributed by atoms with van der Waals surface area (Å²) in [4.78, 5) is 0. The highest BCUT2D eigenvalue weighted by atomic mass is 35.5. The molecule has 0 N–H and O–H groups in total. The Morgan fingerprint density at radius 3 is 2.73 bits per heavy atom. The zero-order valence-corrected chi connectivity index (χ0v) is 9.15. The second kappa shape index (κ2) is 5.14. The first-order valence-corrected chi connectivity index (χ1v) is 5.35. The van der Waals surface area contributed by atoms with E-state index in [-0.39, 0.29) is 0 Å². The molecule has 1 fully saturated rings. The number of hydrogen-bond acceptors (Lipinski definition) is 3. The van der Waals surface area contributed by atoms with Gasteiger partial charge in [-0.3, -0.25) is 5.01 Å². The summed E-state index contributed by atoms with van der Waals surface area (Å²) < 4.78 is 5.23. The highest BCUT2D eigenvalue weighted by Gasteiger charge is 2.06. The molecule has 0 spiro atoms. The molecule has 0 saturated carbocycles. The van der Waals surface area contributed by atoms with E-state index in [0.29, 0.717) is 0 Å². The van der Waals surface area contributed by atoms with Crippen LogP contribution in [0.25, 0.3) is 0 Å². The normalized spacial score (nSPS) is 17.3. The average molecular weight is 225 g/mol. The minimum atomic E-state index is 0.731. The smallest absolute Gasteiger partial charge is 0.0659 e. The number of morpholine rings is 1. The summed E-state index contributed by atoms with van der Waals surface area (Å²) in [5.74, 6) is 0. The standard InChI is InChI=1S/C11H13ClN2O/c12-11-4-2-1-3-10(11)9-13-14-5-7-15-8-6-14/h1-4,9H,5-8H2/b13-9-. The monoisotopic (exact) mass is 224 g/mol. The number of halogens is 1. The van der Waals surface area contributed by atoms with Crippen molar-refractivity contribution < 1.29 is 4.74 Å². The van der Waals surface area contributed by atoms with E-state index < -0.39 is 0 Å². The molecule has 3 nitrogen and oxygen atoms in total. The van der Waals surface area contributed by atoms with Gasteiger partial charge in [0.1, 0.15) is 0 Å². The minimum absolute atomic E-state index is 0.731. The maximum atomic E-state index is 6.01. The molecule has 1 saturated heterocycles.